The molecular weight excluding hydrogens is 428 g/mol. The third-order valence-corrected chi connectivity index (χ3v) is 6.62. The van der Waals surface area contributed by atoms with Gasteiger partial charge in [-0.25, -0.2) is 4.98 Å². The first-order valence-electron chi connectivity index (χ1n) is 10.2. The second-order valence-electron chi connectivity index (χ2n) is 7.88. The quantitative estimate of drug-likeness (QED) is 0.572. The minimum absolute atomic E-state index is 0.00732. The molecule has 1 aliphatic carbocycles. The van der Waals surface area contributed by atoms with Gasteiger partial charge in [-0.2, -0.15) is 10.4 Å². The predicted molar refractivity (Wildman–Crippen MR) is 122 cm³/mol. The van der Waals surface area contributed by atoms with Gasteiger partial charge in [0.1, 0.15) is 11.6 Å². The number of thiocarbonyl (C=S) groups is 1. The van der Waals surface area contributed by atoms with Crippen LogP contribution in [0.1, 0.15) is 30.7 Å². The van der Waals surface area contributed by atoms with E-state index < -0.39 is 5.54 Å². The number of rotatable bonds is 5. The summed E-state index contributed by atoms with van der Waals surface area (Å²) in [5.74, 6) is 0.181. The van der Waals surface area contributed by atoms with Crippen molar-refractivity contribution in [2.75, 3.05) is 23.5 Å². The van der Waals surface area contributed by atoms with Crippen molar-refractivity contribution in [2.24, 2.45) is 0 Å². The minimum Gasteiger partial charge on any atom is -0.494 e. The van der Waals surface area contributed by atoms with Crippen LogP contribution in [0.5, 0.6) is 5.75 Å². The Balaban J connectivity index is 1.60. The van der Waals surface area contributed by atoms with E-state index in [1.165, 1.54) is 18.2 Å². The second-order valence-corrected chi connectivity index (χ2v) is 8.24. The summed E-state index contributed by atoms with van der Waals surface area (Å²) in [6.07, 6.45) is 4.24. The number of aliphatic hydroxyl groups is 1. The number of aromatic amines is 1. The van der Waals surface area contributed by atoms with Crippen molar-refractivity contribution < 1.29 is 14.6 Å². The number of anilines is 2. The van der Waals surface area contributed by atoms with E-state index in [1.54, 1.807) is 6.07 Å². The average Bonchev–Trinajstić information content (AvgIpc) is 3.28. The Labute approximate surface area is 189 Å². The number of methoxy groups -OCH3 is 1. The maximum absolute atomic E-state index is 13.7. The Morgan fingerprint density at radius 2 is 2.16 bits per heavy atom. The highest BCUT2D eigenvalue weighted by Gasteiger charge is 2.59. The molecule has 1 saturated heterocycles. The maximum atomic E-state index is 13.7. The highest BCUT2D eigenvalue weighted by atomic mass is 32.1. The molecule has 3 aromatic rings. The molecule has 2 aromatic heterocycles. The van der Waals surface area contributed by atoms with Crippen LogP contribution in [0.15, 0.2) is 30.5 Å². The SMILES string of the molecule is COc1cc(N2C(=O)C3(CCC3)N(c3ccc4n[nH]c(CCO)c4c3)C2=S)cnc1C#N. The average molecular weight is 449 g/mol. The number of fused-ring (bicyclic) bond motifs is 1. The molecule has 2 fully saturated rings. The summed E-state index contributed by atoms with van der Waals surface area (Å²) in [5.41, 5.74) is 2.29. The van der Waals surface area contributed by atoms with Gasteiger partial charge in [0.05, 0.1) is 24.5 Å². The van der Waals surface area contributed by atoms with Crippen molar-refractivity contribution in [2.45, 2.75) is 31.2 Å². The number of pyridine rings is 1. The molecule has 1 amide bonds. The molecule has 1 saturated carbocycles. The van der Waals surface area contributed by atoms with E-state index >= 15 is 0 Å². The summed E-state index contributed by atoms with van der Waals surface area (Å²) < 4.78 is 5.28. The van der Waals surface area contributed by atoms with Crippen LogP contribution in [-0.4, -0.2) is 50.6 Å². The van der Waals surface area contributed by atoms with Crippen molar-refractivity contribution in [1.29, 1.82) is 5.26 Å². The third-order valence-electron chi connectivity index (χ3n) is 6.25. The molecule has 32 heavy (non-hydrogen) atoms. The number of H-pyrrole nitrogens is 1. The Morgan fingerprint density at radius 3 is 2.81 bits per heavy atom. The standard InChI is InChI=1S/C22H20N6O3S/c1-31-19-10-14(12-24-18(19)11-23)27-20(30)22(6-2-7-22)28(21(27)32)13-3-4-16-15(9-13)17(5-8-29)26-25-16/h3-4,9-10,12,29H,2,5-8H2,1H3,(H,25,26). The van der Waals surface area contributed by atoms with Gasteiger partial charge in [0.15, 0.2) is 16.6 Å². The first kappa shape index (κ1) is 20.4. The summed E-state index contributed by atoms with van der Waals surface area (Å²) in [5, 5.41) is 27.1. The normalized spacial score (nSPS) is 17.2. The van der Waals surface area contributed by atoms with Crippen LogP contribution in [0.2, 0.25) is 0 Å². The number of aliphatic hydroxyl groups excluding tert-OH is 1. The van der Waals surface area contributed by atoms with Crippen molar-refractivity contribution in [3.05, 3.63) is 41.9 Å². The number of hydrogen-bond donors (Lipinski definition) is 2. The fraction of sp³-hybridized carbons (Fsp3) is 0.318. The number of carbonyl (C=O) groups is 1. The van der Waals surface area contributed by atoms with E-state index in [2.05, 4.69) is 15.2 Å². The molecule has 2 aliphatic rings. The number of benzene rings is 1. The Bertz CT molecular complexity index is 1290. The number of nitrogens with zero attached hydrogens (tertiary/aromatic N) is 5. The summed E-state index contributed by atoms with van der Waals surface area (Å²) in [6, 6.07) is 9.35. The van der Waals surface area contributed by atoms with Gasteiger partial charge in [0.2, 0.25) is 0 Å². The molecule has 1 spiro atoms. The monoisotopic (exact) mass is 448 g/mol. The molecule has 1 aromatic carbocycles. The summed E-state index contributed by atoms with van der Waals surface area (Å²) in [4.78, 5) is 21.2. The molecule has 0 atom stereocenters. The van der Waals surface area contributed by atoms with Gasteiger partial charge in [-0.3, -0.25) is 14.8 Å². The molecule has 2 N–H and O–H groups in total. The van der Waals surface area contributed by atoms with Crippen molar-refractivity contribution in [1.82, 2.24) is 15.2 Å². The van der Waals surface area contributed by atoms with Gasteiger partial charge in [-0.1, -0.05) is 0 Å². The van der Waals surface area contributed by atoms with Gasteiger partial charge in [-0.05, 0) is 49.7 Å². The van der Waals surface area contributed by atoms with E-state index in [-0.39, 0.29) is 24.0 Å². The minimum atomic E-state index is -0.743. The van der Waals surface area contributed by atoms with Crippen LogP contribution in [0, 0.1) is 11.3 Å². The molecule has 162 valence electrons. The van der Waals surface area contributed by atoms with E-state index in [0.717, 1.165) is 28.7 Å². The van der Waals surface area contributed by atoms with E-state index in [9.17, 15) is 15.2 Å². The zero-order valence-corrected chi connectivity index (χ0v) is 18.1. The molecule has 5 rings (SSSR count). The fourth-order valence-corrected chi connectivity index (χ4v) is 4.97. The fourth-order valence-electron chi connectivity index (χ4n) is 4.50. The number of carbonyl (C=O) groups excluding carboxylic acids is 1. The Hall–Kier alpha value is -3.55. The van der Waals surface area contributed by atoms with Crippen molar-refractivity contribution in [3.63, 3.8) is 0 Å². The van der Waals surface area contributed by atoms with Crippen LogP contribution >= 0.6 is 12.2 Å². The second kappa shape index (κ2) is 7.55. The maximum Gasteiger partial charge on any atom is 0.259 e. The highest BCUT2D eigenvalue weighted by molar-refractivity contribution is 7.81. The van der Waals surface area contributed by atoms with Crippen LogP contribution < -0.4 is 14.5 Å². The van der Waals surface area contributed by atoms with Gasteiger partial charge < -0.3 is 14.7 Å². The lowest BCUT2D eigenvalue weighted by Gasteiger charge is -2.43. The first-order valence-corrected chi connectivity index (χ1v) is 10.7. The smallest absolute Gasteiger partial charge is 0.259 e. The van der Waals surface area contributed by atoms with Gasteiger partial charge in [-0.15, -0.1) is 0 Å². The lowest BCUT2D eigenvalue weighted by atomic mass is 9.75. The Kier molecular flexibility index (Phi) is 4.80. The number of aromatic nitrogens is 3. The summed E-state index contributed by atoms with van der Waals surface area (Å²) in [6.45, 7) is 0.00732. The predicted octanol–water partition coefficient (Wildman–Crippen LogP) is 2.43. The van der Waals surface area contributed by atoms with Gasteiger partial charge >= 0.3 is 0 Å². The van der Waals surface area contributed by atoms with Gasteiger partial charge in [0.25, 0.3) is 5.91 Å². The number of hydrogen-bond acceptors (Lipinski definition) is 7. The van der Waals surface area contributed by atoms with E-state index in [4.69, 9.17) is 17.0 Å². The zero-order valence-electron chi connectivity index (χ0n) is 17.3. The van der Waals surface area contributed by atoms with Crippen molar-refractivity contribution in [3.8, 4) is 11.8 Å². The first-order chi connectivity index (χ1) is 15.5. The van der Waals surface area contributed by atoms with Crippen LogP contribution in [0.25, 0.3) is 10.9 Å². The number of amides is 1. The third kappa shape index (κ3) is 2.78. The molecule has 3 heterocycles. The molecule has 0 unspecified atom stereocenters. The molecule has 10 heteroatoms. The molecular formula is C22H20N6O3S. The highest BCUT2D eigenvalue weighted by Crippen LogP contribution is 2.48. The van der Waals surface area contributed by atoms with E-state index in [0.29, 0.717) is 30.1 Å². The van der Waals surface area contributed by atoms with Crippen LogP contribution in [-0.2, 0) is 11.2 Å². The molecule has 0 radical (unpaired) electrons. The number of nitriles is 1. The molecule has 1 aliphatic heterocycles. The summed E-state index contributed by atoms with van der Waals surface area (Å²) >= 11 is 5.81. The van der Waals surface area contributed by atoms with Crippen molar-refractivity contribution >= 4 is 45.5 Å². The molecule has 9 nitrogen and oxygen atoms in total. The van der Waals surface area contributed by atoms with Crippen LogP contribution in [0.4, 0.5) is 11.4 Å². The topological polar surface area (TPSA) is 118 Å². The van der Waals surface area contributed by atoms with Crippen LogP contribution in [0.3, 0.4) is 0 Å². The summed E-state index contributed by atoms with van der Waals surface area (Å²) in [7, 11) is 1.45. The largest absolute Gasteiger partial charge is 0.494 e. The number of ether oxygens (including phenoxy) is 1. The van der Waals surface area contributed by atoms with E-state index in [1.807, 2.05) is 29.2 Å². The zero-order chi connectivity index (χ0) is 22.5. The molecule has 0 bridgehead atoms. The Morgan fingerprint density at radius 1 is 1.34 bits per heavy atom. The number of nitrogens with one attached hydrogen (secondary N) is 1. The van der Waals surface area contributed by atoms with Gasteiger partial charge in [0, 0.05) is 35.9 Å². The lowest BCUT2D eigenvalue weighted by molar-refractivity contribution is -0.123. The lowest BCUT2D eigenvalue weighted by Crippen LogP contribution is -2.55.